The first-order valence-electron chi connectivity index (χ1n) is 6.61. The molecule has 2 unspecified atom stereocenters. The zero-order valence-electron chi connectivity index (χ0n) is 11.1. The summed E-state index contributed by atoms with van der Waals surface area (Å²) in [5.74, 6) is -1.54. The largest absolute Gasteiger partial charge is 0.481 e. The Morgan fingerprint density at radius 1 is 1.00 bits per heavy atom. The van der Waals surface area contributed by atoms with Crippen LogP contribution >= 0.6 is 0 Å². The average Bonchev–Trinajstić information content (AvgIpc) is 2.68. The van der Waals surface area contributed by atoms with Gasteiger partial charge < -0.3 is 5.11 Å². The lowest BCUT2D eigenvalue weighted by Crippen LogP contribution is -2.15. The van der Waals surface area contributed by atoms with E-state index in [1.807, 2.05) is 6.07 Å². The van der Waals surface area contributed by atoms with Crippen LogP contribution < -0.4 is 0 Å². The Bertz CT molecular complexity index is 781. The van der Waals surface area contributed by atoms with Crippen molar-refractivity contribution < 1.29 is 18.3 Å². The highest BCUT2D eigenvalue weighted by Crippen LogP contribution is 2.50. The van der Waals surface area contributed by atoms with Crippen molar-refractivity contribution >= 4 is 15.8 Å². The van der Waals surface area contributed by atoms with Gasteiger partial charge in [-0.25, -0.2) is 8.42 Å². The monoisotopic (exact) mass is 302 g/mol. The van der Waals surface area contributed by atoms with E-state index < -0.39 is 27.0 Å². The van der Waals surface area contributed by atoms with Gasteiger partial charge in [-0.05, 0) is 17.2 Å². The minimum atomic E-state index is -3.56. The molecule has 4 nitrogen and oxygen atoms in total. The van der Waals surface area contributed by atoms with Crippen molar-refractivity contribution in [3.8, 4) is 0 Å². The SMILES string of the molecule is O=C(O)CC1c2ccccc2S(=O)(=O)C1c1ccccc1. The van der Waals surface area contributed by atoms with E-state index in [1.54, 1.807) is 48.5 Å². The highest BCUT2D eigenvalue weighted by atomic mass is 32.2. The maximum Gasteiger partial charge on any atom is 0.304 e. The fourth-order valence-corrected chi connectivity index (χ4v) is 5.30. The van der Waals surface area contributed by atoms with Crippen LogP contribution in [0.2, 0.25) is 0 Å². The van der Waals surface area contributed by atoms with E-state index >= 15 is 0 Å². The predicted molar refractivity (Wildman–Crippen MR) is 77.8 cm³/mol. The number of hydrogen-bond donors (Lipinski definition) is 1. The van der Waals surface area contributed by atoms with Crippen LogP contribution in [0.25, 0.3) is 0 Å². The number of rotatable bonds is 3. The molecule has 5 heteroatoms. The molecule has 21 heavy (non-hydrogen) atoms. The Hall–Kier alpha value is -2.14. The average molecular weight is 302 g/mol. The molecule has 0 spiro atoms. The van der Waals surface area contributed by atoms with E-state index in [9.17, 15) is 13.2 Å². The van der Waals surface area contributed by atoms with Gasteiger partial charge in [0.25, 0.3) is 0 Å². The normalized spacial score (nSPS) is 22.7. The molecule has 108 valence electrons. The highest BCUT2D eigenvalue weighted by molar-refractivity contribution is 7.92. The van der Waals surface area contributed by atoms with Crippen LogP contribution in [0.4, 0.5) is 0 Å². The van der Waals surface area contributed by atoms with Crippen LogP contribution in [0.1, 0.15) is 28.7 Å². The van der Waals surface area contributed by atoms with Crippen molar-refractivity contribution in [2.75, 3.05) is 0 Å². The molecule has 0 aromatic heterocycles. The Morgan fingerprint density at radius 2 is 1.62 bits per heavy atom. The van der Waals surface area contributed by atoms with Gasteiger partial charge in [-0.15, -0.1) is 0 Å². The molecule has 1 heterocycles. The molecule has 0 fully saturated rings. The quantitative estimate of drug-likeness (QED) is 0.946. The molecule has 1 aliphatic rings. The van der Waals surface area contributed by atoms with E-state index in [0.717, 1.165) is 0 Å². The fraction of sp³-hybridized carbons (Fsp3) is 0.188. The lowest BCUT2D eigenvalue weighted by molar-refractivity contribution is -0.137. The number of fused-ring (bicyclic) bond motifs is 1. The maximum atomic E-state index is 12.8. The molecule has 0 saturated heterocycles. The zero-order chi connectivity index (χ0) is 15.0. The molecule has 0 bridgehead atoms. The lowest BCUT2D eigenvalue weighted by atomic mass is 9.89. The van der Waals surface area contributed by atoms with Crippen molar-refractivity contribution in [3.05, 3.63) is 65.7 Å². The minimum absolute atomic E-state index is 0.199. The van der Waals surface area contributed by atoms with Crippen molar-refractivity contribution in [1.29, 1.82) is 0 Å². The number of carboxylic acids is 1. The molecule has 0 aliphatic carbocycles. The van der Waals surface area contributed by atoms with Crippen molar-refractivity contribution in [2.45, 2.75) is 22.5 Å². The first kappa shape index (κ1) is 13.8. The summed E-state index contributed by atoms with van der Waals surface area (Å²) in [6.07, 6.45) is -0.199. The second-order valence-corrected chi connectivity index (χ2v) is 7.16. The van der Waals surface area contributed by atoms with Gasteiger partial charge in [-0.1, -0.05) is 48.5 Å². The first-order valence-corrected chi connectivity index (χ1v) is 8.16. The molecule has 2 atom stereocenters. The van der Waals surface area contributed by atoms with Gasteiger partial charge in [0.1, 0.15) is 0 Å². The van der Waals surface area contributed by atoms with Crippen LogP contribution in [-0.4, -0.2) is 19.5 Å². The topological polar surface area (TPSA) is 71.4 Å². The molecule has 1 N–H and O–H groups in total. The van der Waals surface area contributed by atoms with Gasteiger partial charge >= 0.3 is 5.97 Å². The van der Waals surface area contributed by atoms with E-state index in [-0.39, 0.29) is 11.3 Å². The summed E-state index contributed by atoms with van der Waals surface area (Å²) in [5, 5.41) is 8.31. The first-order chi connectivity index (χ1) is 10.0. The predicted octanol–water partition coefficient (Wildman–Crippen LogP) is 2.77. The van der Waals surface area contributed by atoms with Crippen LogP contribution in [0.5, 0.6) is 0 Å². The van der Waals surface area contributed by atoms with Gasteiger partial charge in [0.2, 0.25) is 0 Å². The minimum Gasteiger partial charge on any atom is -0.481 e. The summed E-state index contributed by atoms with van der Waals surface area (Å²) in [6.45, 7) is 0. The molecule has 0 radical (unpaired) electrons. The van der Waals surface area contributed by atoms with Crippen LogP contribution in [0, 0.1) is 0 Å². The zero-order valence-corrected chi connectivity index (χ0v) is 12.0. The number of aliphatic carboxylic acids is 1. The standard InChI is InChI=1S/C16H14O4S/c17-15(18)10-13-12-8-4-5-9-14(12)21(19,20)16(13)11-6-2-1-3-7-11/h1-9,13,16H,10H2,(H,17,18). The second kappa shape index (κ2) is 5.00. The fourth-order valence-electron chi connectivity index (χ4n) is 3.02. The van der Waals surface area contributed by atoms with Crippen LogP contribution in [0.15, 0.2) is 59.5 Å². The summed E-state index contributed by atoms with van der Waals surface area (Å²) in [6, 6.07) is 15.5. The Kier molecular flexibility index (Phi) is 3.29. The van der Waals surface area contributed by atoms with E-state index in [2.05, 4.69) is 0 Å². The van der Waals surface area contributed by atoms with Gasteiger partial charge in [0.05, 0.1) is 16.6 Å². The number of hydrogen-bond acceptors (Lipinski definition) is 3. The number of carboxylic acid groups (broad SMARTS) is 1. The Labute approximate surface area is 123 Å². The molecule has 2 aromatic carbocycles. The van der Waals surface area contributed by atoms with E-state index in [1.165, 1.54) is 0 Å². The number of sulfone groups is 1. The van der Waals surface area contributed by atoms with Gasteiger partial charge in [-0.2, -0.15) is 0 Å². The smallest absolute Gasteiger partial charge is 0.304 e. The third-order valence-corrected chi connectivity index (χ3v) is 6.10. The molecule has 0 amide bonds. The molecule has 3 rings (SSSR count). The van der Waals surface area contributed by atoms with Crippen molar-refractivity contribution in [2.24, 2.45) is 0 Å². The Balaban J connectivity index is 2.20. The third-order valence-electron chi connectivity index (χ3n) is 3.85. The molecule has 0 saturated carbocycles. The molecule has 1 aliphatic heterocycles. The summed E-state index contributed by atoms with van der Waals surface area (Å²) in [4.78, 5) is 11.4. The Morgan fingerprint density at radius 3 is 2.29 bits per heavy atom. The molecular formula is C16H14O4S. The van der Waals surface area contributed by atoms with Crippen LogP contribution in [0.3, 0.4) is 0 Å². The second-order valence-electron chi connectivity index (χ2n) is 5.12. The molecule has 2 aromatic rings. The van der Waals surface area contributed by atoms with Gasteiger partial charge in [-0.3, -0.25) is 4.79 Å². The summed E-state index contributed by atoms with van der Waals surface area (Å²) in [7, 11) is -3.56. The van der Waals surface area contributed by atoms with Crippen molar-refractivity contribution in [3.63, 3.8) is 0 Å². The summed E-state index contributed by atoms with van der Waals surface area (Å²) >= 11 is 0. The maximum absolute atomic E-state index is 12.8. The number of benzene rings is 2. The van der Waals surface area contributed by atoms with Crippen LogP contribution in [-0.2, 0) is 14.6 Å². The van der Waals surface area contributed by atoms with Gasteiger partial charge in [0.15, 0.2) is 9.84 Å². The van der Waals surface area contributed by atoms with Crippen molar-refractivity contribution in [1.82, 2.24) is 0 Å². The van der Waals surface area contributed by atoms with E-state index in [4.69, 9.17) is 5.11 Å². The number of carbonyl (C=O) groups is 1. The van der Waals surface area contributed by atoms with E-state index in [0.29, 0.717) is 11.1 Å². The molecular weight excluding hydrogens is 288 g/mol. The lowest BCUT2D eigenvalue weighted by Gasteiger charge is -2.18. The summed E-state index contributed by atoms with van der Waals surface area (Å²) < 4.78 is 25.6. The third kappa shape index (κ3) is 2.23. The summed E-state index contributed by atoms with van der Waals surface area (Å²) in [5.41, 5.74) is 1.24. The van der Waals surface area contributed by atoms with Gasteiger partial charge in [0, 0.05) is 5.92 Å². The highest BCUT2D eigenvalue weighted by Gasteiger charge is 2.46.